The normalized spacial score (nSPS) is 11.3. The van der Waals surface area contributed by atoms with Crippen molar-refractivity contribution in [1.29, 1.82) is 0 Å². The molecule has 0 radical (unpaired) electrons. The van der Waals surface area contributed by atoms with Crippen LogP contribution in [-0.4, -0.2) is 30.0 Å². The van der Waals surface area contributed by atoms with Gasteiger partial charge in [0.25, 0.3) is 6.43 Å². The van der Waals surface area contributed by atoms with Gasteiger partial charge in [-0.05, 0) is 6.92 Å². The monoisotopic (exact) mass is 244 g/mol. The van der Waals surface area contributed by atoms with Crippen LogP contribution in [0.3, 0.4) is 0 Å². The lowest BCUT2D eigenvalue weighted by Gasteiger charge is -2.21. The maximum atomic E-state index is 12.3. The second-order valence-corrected chi connectivity index (χ2v) is 4.34. The third kappa shape index (κ3) is 3.25. The number of alkyl halides is 2. The van der Waals surface area contributed by atoms with Crippen molar-refractivity contribution in [2.45, 2.75) is 33.1 Å². The highest BCUT2D eigenvalue weighted by Crippen LogP contribution is 2.23. The Morgan fingerprint density at radius 2 is 1.88 bits per heavy atom. The van der Waals surface area contributed by atoms with E-state index in [2.05, 4.69) is 9.97 Å². The Morgan fingerprint density at radius 3 is 2.35 bits per heavy atom. The van der Waals surface area contributed by atoms with Gasteiger partial charge in [0, 0.05) is 18.5 Å². The summed E-state index contributed by atoms with van der Waals surface area (Å²) in [6, 6.07) is 0. The molecule has 1 aromatic heterocycles. The third-order valence-electron chi connectivity index (χ3n) is 2.46. The fraction of sp³-hybridized carbons (Fsp3) is 0.636. The molecule has 0 spiro atoms. The third-order valence-corrected chi connectivity index (χ3v) is 2.46. The zero-order valence-electron chi connectivity index (χ0n) is 10.5. The lowest BCUT2D eigenvalue weighted by atomic mass is 10.2. The van der Waals surface area contributed by atoms with Gasteiger partial charge >= 0.3 is 0 Å². The standard InChI is InChI=1S/C11H18F2N4/c1-6(2)10-15-9(14)7(3)11(16-10)17(4)5-8(12)13/h6,8H,5H2,1-4H3,(H2,14,15,16). The van der Waals surface area contributed by atoms with Crippen LogP contribution in [0.1, 0.15) is 31.2 Å². The Hall–Kier alpha value is -1.46. The Kier molecular flexibility index (Phi) is 4.20. The van der Waals surface area contributed by atoms with Gasteiger partial charge in [0.1, 0.15) is 17.5 Å². The summed E-state index contributed by atoms with van der Waals surface area (Å²) in [6.45, 7) is 5.23. The van der Waals surface area contributed by atoms with E-state index in [1.165, 1.54) is 4.90 Å². The van der Waals surface area contributed by atoms with Crippen molar-refractivity contribution < 1.29 is 8.78 Å². The van der Waals surface area contributed by atoms with Crippen molar-refractivity contribution in [2.75, 3.05) is 24.2 Å². The first-order valence-corrected chi connectivity index (χ1v) is 5.46. The predicted molar refractivity (Wildman–Crippen MR) is 64.5 cm³/mol. The fourth-order valence-corrected chi connectivity index (χ4v) is 1.46. The Labute approximate surface area is 99.9 Å². The van der Waals surface area contributed by atoms with Gasteiger partial charge in [0.15, 0.2) is 0 Å². The van der Waals surface area contributed by atoms with E-state index in [0.29, 0.717) is 23.0 Å². The molecule has 1 heterocycles. The van der Waals surface area contributed by atoms with Gasteiger partial charge in [-0.25, -0.2) is 18.7 Å². The van der Waals surface area contributed by atoms with Crippen LogP contribution in [0, 0.1) is 6.92 Å². The van der Waals surface area contributed by atoms with Gasteiger partial charge in [-0.2, -0.15) is 0 Å². The van der Waals surface area contributed by atoms with Crippen molar-refractivity contribution in [2.24, 2.45) is 0 Å². The molecule has 0 aliphatic carbocycles. The number of nitrogens with zero attached hydrogens (tertiary/aromatic N) is 3. The lowest BCUT2D eigenvalue weighted by Crippen LogP contribution is -2.26. The number of aromatic nitrogens is 2. The first-order chi connectivity index (χ1) is 7.82. The first kappa shape index (κ1) is 13.6. The van der Waals surface area contributed by atoms with Crippen LogP contribution in [0.15, 0.2) is 0 Å². The molecule has 0 aliphatic heterocycles. The van der Waals surface area contributed by atoms with Crippen LogP contribution in [0.25, 0.3) is 0 Å². The molecule has 2 N–H and O–H groups in total. The van der Waals surface area contributed by atoms with Crippen molar-refractivity contribution in [1.82, 2.24) is 9.97 Å². The number of nitrogen functional groups attached to an aromatic ring is 1. The molecule has 0 saturated heterocycles. The van der Waals surface area contributed by atoms with E-state index in [0.717, 1.165) is 0 Å². The molecule has 96 valence electrons. The van der Waals surface area contributed by atoms with E-state index in [-0.39, 0.29) is 12.5 Å². The average Bonchev–Trinajstić information content (AvgIpc) is 2.20. The highest BCUT2D eigenvalue weighted by atomic mass is 19.3. The summed E-state index contributed by atoms with van der Waals surface area (Å²) in [4.78, 5) is 9.84. The van der Waals surface area contributed by atoms with Gasteiger partial charge in [-0.3, -0.25) is 0 Å². The molecule has 1 rings (SSSR count). The summed E-state index contributed by atoms with van der Waals surface area (Å²) in [5.41, 5.74) is 6.40. The first-order valence-electron chi connectivity index (χ1n) is 5.46. The molecular formula is C11H18F2N4. The maximum Gasteiger partial charge on any atom is 0.255 e. The zero-order chi connectivity index (χ0) is 13.2. The number of hydrogen-bond acceptors (Lipinski definition) is 4. The molecule has 6 heteroatoms. The van der Waals surface area contributed by atoms with Gasteiger partial charge in [0.05, 0.1) is 6.54 Å². The topological polar surface area (TPSA) is 55.0 Å². The number of rotatable bonds is 4. The average molecular weight is 244 g/mol. The van der Waals surface area contributed by atoms with E-state index in [1.807, 2.05) is 13.8 Å². The second kappa shape index (κ2) is 5.25. The molecular weight excluding hydrogens is 226 g/mol. The summed E-state index contributed by atoms with van der Waals surface area (Å²) in [5, 5.41) is 0. The van der Waals surface area contributed by atoms with E-state index < -0.39 is 6.43 Å². The molecule has 17 heavy (non-hydrogen) atoms. The number of anilines is 2. The second-order valence-electron chi connectivity index (χ2n) is 4.34. The molecule has 0 amide bonds. The van der Waals surface area contributed by atoms with Crippen LogP contribution >= 0.6 is 0 Å². The molecule has 0 aliphatic rings. The maximum absolute atomic E-state index is 12.3. The number of hydrogen-bond donors (Lipinski definition) is 1. The van der Waals surface area contributed by atoms with Crippen LogP contribution in [0.2, 0.25) is 0 Å². The van der Waals surface area contributed by atoms with Crippen molar-refractivity contribution in [3.63, 3.8) is 0 Å². The van der Waals surface area contributed by atoms with Crippen molar-refractivity contribution in [3.8, 4) is 0 Å². The Balaban J connectivity index is 3.13. The molecule has 0 fully saturated rings. The molecule has 0 bridgehead atoms. The highest BCUT2D eigenvalue weighted by Gasteiger charge is 2.16. The fourth-order valence-electron chi connectivity index (χ4n) is 1.46. The van der Waals surface area contributed by atoms with Gasteiger partial charge < -0.3 is 10.6 Å². The van der Waals surface area contributed by atoms with E-state index >= 15 is 0 Å². The molecule has 1 aromatic rings. The molecule has 0 atom stereocenters. The van der Waals surface area contributed by atoms with Gasteiger partial charge in [-0.1, -0.05) is 13.8 Å². The van der Waals surface area contributed by atoms with Crippen LogP contribution in [0.5, 0.6) is 0 Å². The van der Waals surface area contributed by atoms with Crippen LogP contribution < -0.4 is 10.6 Å². The summed E-state index contributed by atoms with van der Waals surface area (Å²) in [6.07, 6.45) is -2.40. The minimum Gasteiger partial charge on any atom is -0.383 e. The zero-order valence-corrected chi connectivity index (χ0v) is 10.5. The van der Waals surface area contributed by atoms with E-state index in [9.17, 15) is 8.78 Å². The van der Waals surface area contributed by atoms with Crippen LogP contribution in [-0.2, 0) is 0 Å². The number of nitrogens with two attached hydrogens (primary N) is 1. The minimum atomic E-state index is -2.40. The SMILES string of the molecule is Cc1c(N)nc(C(C)C)nc1N(C)CC(F)F. The number of halogens is 2. The highest BCUT2D eigenvalue weighted by molar-refractivity contribution is 5.56. The van der Waals surface area contributed by atoms with Crippen LogP contribution in [0.4, 0.5) is 20.4 Å². The van der Waals surface area contributed by atoms with E-state index in [1.54, 1.807) is 14.0 Å². The molecule has 0 saturated carbocycles. The molecule has 4 nitrogen and oxygen atoms in total. The van der Waals surface area contributed by atoms with Gasteiger partial charge in [-0.15, -0.1) is 0 Å². The van der Waals surface area contributed by atoms with Gasteiger partial charge in [0.2, 0.25) is 0 Å². The smallest absolute Gasteiger partial charge is 0.255 e. The minimum absolute atomic E-state index is 0.108. The van der Waals surface area contributed by atoms with Crippen molar-refractivity contribution >= 4 is 11.6 Å². The van der Waals surface area contributed by atoms with Crippen molar-refractivity contribution in [3.05, 3.63) is 11.4 Å². The molecule has 0 aromatic carbocycles. The van der Waals surface area contributed by atoms with E-state index in [4.69, 9.17) is 5.73 Å². The Morgan fingerprint density at radius 1 is 1.29 bits per heavy atom. The Bertz CT molecular complexity index is 393. The summed E-state index contributed by atoms with van der Waals surface area (Å²) in [7, 11) is 1.57. The summed E-state index contributed by atoms with van der Waals surface area (Å²) in [5.74, 6) is 1.50. The quantitative estimate of drug-likeness (QED) is 0.882. The molecule has 0 unspecified atom stereocenters. The summed E-state index contributed by atoms with van der Waals surface area (Å²) < 4.78 is 24.7. The predicted octanol–water partition coefficient (Wildman–Crippen LogP) is 2.19. The largest absolute Gasteiger partial charge is 0.383 e. The lowest BCUT2D eigenvalue weighted by molar-refractivity contribution is 0.156. The summed E-state index contributed by atoms with van der Waals surface area (Å²) >= 11 is 0.